The Morgan fingerprint density at radius 1 is 1.12 bits per heavy atom. The van der Waals surface area contributed by atoms with Crippen LogP contribution in [-0.2, 0) is 23.1 Å². The van der Waals surface area contributed by atoms with Crippen molar-refractivity contribution in [1.29, 1.82) is 0 Å². The van der Waals surface area contributed by atoms with Gasteiger partial charge in [-0.2, -0.15) is 21.6 Å². The zero-order chi connectivity index (χ0) is 19.1. The molecule has 1 aliphatic heterocycles. The van der Waals surface area contributed by atoms with Crippen LogP contribution in [0.4, 0.5) is 18.9 Å². The second-order valence-corrected chi connectivity index (χ2v) is 7.39. The van der Waals surface area contributed by atoms with Crippen molar-refractivity contribution in [3.63, 3.8) is 0 Å². The van der Waals surface area contributed by atoms with Gasteiger partial charge in [0.05, 0.1) is 6.54 Å². The maximum atomic E-state index is 12.4. The SMILES string of the molecule is O=C1c2cccc(O)c2CN1Cc1ccc(NS(=O)(=O)C(F)(F)F)cc1. The average Bonchev–Trinajstić information content (AvgIpc) is 2.86. The summed E-state index contributed by atoms with van der Waals surface area (Å²) in [5.41, 5.74) is -4.12. The molecule has 2 aromatic rings. The molecule has 0 saturated carbocycles. The van der Waals surface area contributed by atoms with Gasteiger partial charge in [-0.1, -0.05) is 18.2 Å². The lowest BCUT2D eigenvalue weighted by Crippen LogP contribution is -2.29. The van der Waals surface area contributed by atoms with Gasteiger partial charge in [-0.25, -0.2) is 0 Å². The van der Waals surface area contributed by atoms with Crippen LogP contribution in [0.15, 0.2) is 42.5 Å². The molecular weight excluding hydrogens is 373 g/mol. The van der Waals surface area contributed by atoms with E-state index in [-0.39, 0.29) is 30.4 Å². The summed E-state index contributed by atoms with van der Waals surface area (Å²) in [7, 11) is -5.48. The van der Waals surface area contributed by atoms with Gasteiger partial charge in [0.2, 0.25) is 0 Å². The average molecular weight is 386 g/mol. The molecule has 3 rings (SSSR count). The minimum absolute atomic E-state index is 0.0234. The zero-order valence-corrected chi connectivity index (χ0v) is 13.9. The number of carbonyl (C=O) groups is 1. The van der Waals surface area contributed by atoms with Gasteiger partial charge in [0.25, 0.3) is 5.91 Å². The van der Waals surface area contributed by atoms with Gasteiger partial charge in [-0.15, -0.1) is 0 Å². The molecule has 0 aromatic heterocycles. The molecular formula is C16H13F3N2O4S. The number of hydrogen-bond acceptors (Lipinski definition) is 4. The summed E-state index contributed by atoms with van der Waals surface area (Å²) in [6.45, 7) is 0.378. The topological polar surface area (TPSA) is 86.7 Å². The Kier molecular flexibility index (Phi) is 4.31. The van der Waals surface area contributed by atoms with E-state index in [1.807, 2.05) is 0 Å². The first kappa shape index (κ1) is 18.1. The fourth-order valence-corrected chi connectivity index (χ4v) is 3.18. The number of amides is 1. The lowest BCUT2D eigenvalue weighted by Gasteiger charge is -2.16. The van der Waals surface area contributed by atoms with Crippen LogP contribution in [0.5, 0.6) is 5.75 Å². The third-order valence-corrected chi connectivity index (χ3v) is 5.02. The standard InChI is InChI=1S/C16H13F3N2O4S/c17-16(18,19)26(24,25)20-11-6-4-10(5-7-11)8-21-9-13-12(15(21)23)2-1-3-14(13)22/h1-7,20,22H,8-9H2. The van der Waals surface area contributed by atoms with Crippen molar-refractivity contribution in [2.24, 2.45) is 0 Å². The number of carbonyl (C=O) groups excluding carboxylic acids is 1. The number of fused-ring (bicyclic) bond motifs is 1. The van der Waals surface area contributed by atoms with Crippen molar-refractivity contribution in [1.82, 2.24) is 4.90 Å². The van der Waals surface area contributed by atoms with Gasteiger partial charge in [0.1, 0.15) is 5.75 Å². The molecule has 138 valence electrons. The summed E-state index contributed by atoms with van der Waals surface area (Å²) in [5, 5.41) is 9.81. The summed E-state index contributed by atoms with van der Waals surface area (Å²) in [6, 6.07) is 9.86. The smallest absolute Gasteiger partial charge is 0.508 e. The van der Waals surface area contributed by atoms with Crippen molar-refractivity contribution in [3.05, 3.63) is 59.2 Å². The largest absolute Gasteiger partial charge is 0.516 e. The van der Waals surface area contributed by atoms with Crippen LogP contribution < -0.4 is 4.72 Å². The molecule has 10 heteroatoms. The van der Waals surface area contributed by atoms with E-state index in [4.69, 9.17) is 0 Å². The first-order valence-electron chi connectivity index (χ1n) is 7.36. The molecule has 0 aliphatic carbocycles. The highest BCUT2D eigenvalue weighted by molar-refractivity contribution is 7.93. The summed E-state index contributed by atoms with van der Waals surface area (Å²) in [6.07, 6.45) is 0. The fourth-order valence-electron chi connectivity index (χ4n) is 2.61. The van der Waals surface area contributed by atoms with Gasteiger partial charge < -0.3 is 10.0 Å². The minimum Gasteiger partial charge on any atom is -0.508 e. The molecule has 0 fully saturated rings. The predicted octanol–water partition coefficient (Wildman–Crippen LogP) is 2.81. The number of phenols is 1. The van der Waals surface area contributed by atoms with Crippen LogP contribution in [0.25, 0.3) is 0 Å². The number of phenolic OH excluding ortho intramolecular Hbond substituents is 1. The van der Waals surface area contributed by atoms with Crippen molar-refractivity contribution in [3.8, 4) is 5.75 Å². The number of anilines is 1. The number of rotatable bonds is 4. The number of sulfonamides is 1. The van der Waals surface area contributed by atoms with Crippen LogP contribution in [0.3, 0.4) is 0 Å². The first-order valence-corrected chi connectivity index (χ1v) is 8.85. The van der Waals surface area contributed by atoms with E-state index in [1.54, 1.807) is 12.1 Å². The van der Waals surface area contributed by atoms with E-state index in [0.717, 1.165) is 0 Å². The first-order chi connectivity index (χ1) is 12.1. The zero-order valence-electron chi connectivity index (χ0n) is 13.1. The third-order valence-electron chi connectivity index (χ3n) is 3.90. The molecule has 0 atom stereocenters. The van der Waals surface area contributed by atoms with Crippen molar-refractivity contribution < 1.29 is 31.5 Å². The highest BCUT2D eigenvalue weighted by Gasteiger charge is 2.46. The Bertz CT molecular complexity index is 956. The minimum atomic E-state index is -5.48. The van der Waals surface area contributed by atoms with Gasteiger partial charge in [0, 0.05) is 23.4 Å². The highest BCUT2D eigenvalue weighted by atomic mass is 32.2. The number of nitrogens with one attached hydrogen (secondary N) is 1. The number of hydrogen-bond donors (Lipinski definition) is 2. The molecule has 26 heavy (non-hydrogen) atoms. The quantitative estimate of drug-likeness (QED) is 0.846. The van der Waals surface area contributed by atoms with Crippen LogP contribution in [0.2, 0.25) is 0 Å². The third kappa shape index (κ3) is 3.32. The summed E-state index contributed by atoms with van der Waals surface area (Å²) in [5.74, 6) is -0.243. The Morgan fingerprint density at radius 2 is 1.77 bits per heavy atom. The predicted molar refractivity (Wildman–Crippen MR) is 86.7 cm³/mol. The molecule has 1 heterocycles. The second-order valence-electron chi connectivity index (χ2n) is 5.71. The maximum absolute atomic E-state index is 12.4. The molecule has 6 nitrogen and oxygen atoms in total. The van der Waals surface area contributed by atoms with Crippen molar-refractivity contribution in [2.45, 2.75) is 18.6 Å². The van der Waals surface area contributed by atoms with Crippen LogP contribution in [0.1, 0.15) is 21.5 Å². The fraction of sp³-hybridized carbons (Fsp3) is 0.188. The maximum Gasteiger partial charge on any atom is 0.516 e. The molecule has 0 saturated heterocycles. The van der Waals surface area contributed by atoms with E-state index < -0.39 is 15.5 Å². The molecule has 0 spiro atoms. The monoisotopic (exact) mass is 386 g/mol. The molecule has 0 radical (unpaired) electrons. The summed E-state index contributed by atoms with van der Waals surface area (Å²) in [4.78, 5) is 13.8. The van der Waals surface area contributed by atoms with E-state index in [2.05, 4.69) is 0 Å². The number of aromatic hydroxyl groups is 1. The van der Waals surface area contributed by atoms with E-state index in [0.29, 0.717) is 16.7 Å². The lowest BCUT2D eigenvalue weighted by molar-refractivity contribution is -0.0429. The second kappa shape index (κ2) is 6.20. The normalized spacial score (nSPS) is 14.4. The Labute approximate surface area is 146 Å². The number of nitrogens with zero attached hydrogens (tertiary/aromatic N) is 1. The summed E-state index contributed by atoms with van der Waals surface area (Å²) < 4.78 is 60.7. The number of benzene rings is 2. The molecule has 1 amide bonds. The van der Waals surface area contributed by atoms with E-state index >= 15 is 0 Å². The van der Waals surface area contributed by atoms with Crippen molar-refractivity contribution >= 4 is 21.6 Å². The van der Waals surface area contributed by atoms with Crippen LogP contribution in [-0.4, -0.2) is 29.8 Å². The Morgan fingerprint density at radius 3 is 2.35 bits per heavy atom. The van der Waals surface area contributed by atoms with Crippen molar-refractivity contribution in [2.75, 3.05) is 4.72 Å². The van der Waals surface area contributed by atoms with Crippen LogP contribution >= 0.6 is 0 Å². The van der Waals surface area contributed by atoms with Gasteiger partial charge in [-0.05, 0) is 29.8 Å². The van der Waals surface area contributed by atoms with Gasteiger partial charge in [-0.3, -0.25) is 9.52 Å². The molecule has 0 bridgehead atoms. The number of halogens is 3. The van der Waals surface area contributed by atoms with Gasteiger partial charge >= 0.3 is 15.5 Å². The van der Waals surface area contributed by atoms with E-state index in [1.165, 1.54) is 40.0 Å². The summed E-state index contributed by atoms with van der Waals surface area (Å²) >= 11 is 0. The number of alkyl halides is 3. The molecule has 2 aromatic carbocycles. The lowest BCUT2D eigenvalue weighted by atomic mass is 10.1. The molecule has 1 aliphatic rings. The molecule has 0 unspecified atom stereocenters. The Hall–Kier alpha value is -2.75. The van der Waals surface area contributed by atoms with Gasteiger partial charge in [0.15, 0.2) is 0 Å². The highest BCUT2D eigenvalue weighted by Crippen LogP contribution is 2.31. The van der Waals surface area contributed by atoms with E-state index in [9.17, 15) is 31.5 Å². The van der Waals surface area contributed by atoms with Crippen LogP contribution in [0, 0.1) is 0 Å². The Balaban J connectivity index is 1.72. The molecule has 2 N–H and O–H groups in total.